The van der Waals surface area contributed by atoms with E-state index in [0.717, 1.165) is 19.5 Å². The van der Waals surface area contributed by atoms with Crippen LogP contribution in [0.4, 0.5) is 0 Å². The van der Waals surface area contributed by atoms with Gasteiger partial charge in [0.25, 0.3) is 0 Å². The van der Waals surface area contributed by atoms with Crippen molar-refractivity contribution in [3.63, 3.8) is 0 Å². The molecule has 2 rings (SSSR count). The molecule has 1 fully saturated rings. The summed E-state index contributed by atoms with van der Waals surface area (Å²) in [7, 11) is 1.88. The lowest BCUT2D eigenvalue weighted by Gasteiger charge is -2.39. The fraction of sp³-hybridized carbons (Fsp3) is 0.500. The number of hydrogen-bond acceptors (Lipinski definition) is 3. The first-order valence-corrected chi connectivity index (χ1v) is 6.42. The molecule has 0 radical (unpaired) electrons. The highest BCUT2D eigenvalue weighted by Crippen LogP contribution is 2.14. The first kappa shape index (κ1) is 13.1. The fourth-order valence-electron chi connectivity index (χ4n) is 2.43. The zero-order valence-electron chi connectivity index (χ0n) is 10.9. The molecule has 0 bridgehead atoms. The molecule has 0 aliphatic carbocycles. The molecule has 1 heterocycles. The third kappa shape index (κ3) is 3.09. The summed E-state index contributed by atoms with van der Waals surface area (Å²) in [6.07, 6.45) is 0.869. The second-order valence-corrected chi connectivity index (χ2v) is 4.89. The first-order chi connectivity index (χ1) is 8.70. The maximum Gasteiger partial charge on any atom is 0.236 e. The second kappa shape index (κ2) is 5.98. The minimum absolute atomic E-state index is 0.190. The quantitative estimate of drug-likeness (QED) is 0.851. The molecule has 1 aliphatic rings. The maximum absolute atomic E-state index is 11.9. The van der Waals surface area contributed by atoms with Crippen LogP contribution in [-0.4, -0.2) is 48.4 Å². The van der Waals surface area contributed by atoms with Crippen molar-refractivity contribution in [2.75, 3.05) is 26.7 Å². The highest BCUT2D eigenvalue weighted by Gasteiger charge is 2.28. The highest BCUT2D eigenvalue weighted by atomic mass is 16.2. The van der Waals surface area contributed by atoms with Crippen LogP contribution in [-0.2, 0) is 11.3 Å². The lowest BCUT2D eigenvalue weighted by molar-refractivity contribution is -0.138. The van der Waals surface area contributed by atoms with Gasteiger partial charge in [-0.25, -0.2) is 0 Å². The summed E-state index contributed by atoms with van der Waals surface area (Å²) in [6, 6.07) is 10.5. The Morgan fingerprint density at radius 1 is 1.33 bits per heavy atom. The van der Waals surface area contributed by atoms with Crippen LogP contribution >= 0.6 is 0 Å². The number of likely N-dealkylation sites (N-methyl/N-ethyl adjacent to an activating group) is 1. The van der Waals surface area contributed by atoms with E-state index < -0.39 is 0 Å². The van der Waals surface area contributed by atoms with Gasteiger partial charge in [-0.2, -0.15) is 0 Å². The average molecular weight is 247 g/mol. The zero-order valence-corrected chi connectivity index (χ0v) is 10.9. The third-order valence-corrected chi connectivity index (χ3v) is 3.52. The van der Waals surface area contributed by atoms with E-state index in [-0.39, 0.29) is 11.9 Å². The molecule has 1 atom stereocenters. The second-order valence-electron chi connectivity index (χ2n) is 4.89. The van der Waals surface area contributed by atoms with Crippen molar-refractivity contribution < 1.29 is 4.79 Å². The molecule has 98 valence electrons. The largest absolute Gasteiger partial charge is 0.340 e. The summed E-state index contributed by atoms with van der Waals surface area (Å²) in [6.45, 7) is 2.88. The SMILES string of the molecule is CN1C(=O)CN(Cc2ccccc2)CC1CCN. The standard InChI is InChI=1S/C14H21N3O/c1-16-13(7-8-15)10-17(11-14(16)18)9-12-5-3-2-4-6-12/h2-6,13H,7-11,15H2,1H3. The average Bonchev–Trinajstić information content (AvgIpc) is 2.37. The van der Waals surface area contributed by atoms with Crippen molar-refractivity contribution in [3.8, 4) is 0 Å². The Kier molecular flexibility index (Phi) is 4.33. The van der Waals surface area contributed by atoms with E-state index in [1.807, 2.05) is 30.1 Å². The van der Waals surface area contributed by atoms with Crippen molar-refractivity contribution >= 4 is 5.91 Å². The van der Waals surface area contributed by atoms with Gasteiger partial charge < -0.3 is 10.6 Å². The summed E-state index contributed by atoms with van der Waals surface area (Å²) in [5.41, 5.74) is 6.86. The van der Waals surface area contributed by atoms with Crippen LogP contribution in [0, 0.1) is 0 Å². The third-order valence-electron chi connectivity index (χ3n) is 3.52. The number of nitrogens with zero attached hydrogens (tertiary/aromatic N) is 2. The van der Waals surface area contributed by atoms with E-state index >= 15 is 0 Å². The van der Waals surface area contributed by atoms with Gasteiger partial charge in [0.15, 0.2) is 0 Å². The molecule has 0 aromatic heterocycles. The van der Waals surface area contributed by atoms with Crippen molar-refractivity contribution in [2.24, 2.45) is 5.73 Å². The molecule has 4 heteroatoms. The Bertz CT molecular complexity index is 393. The summed E-state index contributed by atoms with van der Waals surface area (Å²) in [5, 5.41) is 0. The van der Waals surface area contributed by atoms with Gasteiger partial charge in [0.05, 0.1) is 6.54 Å². The molecule has 18 heavy (non-hydrogen) atoms. The number of carbonyl (C=O) groups excluding carboxylic acids is 1. The normalized spacial score (nSPS) is 21.3. The molecular weight excluding hydrogens is 226 g/mol. The van der Waals surface area contributed by atoms with E-state index in [2.05, 4.69) is 17.0 Å². The minimum Gasteiger partial charge on any atom is -0.340 e. The van der Waals surface area contributed by atoms with Gasteiger partial charge in [-0.3, -0.25) is 9.69 Å². The lowest BCUT2D eigenvalue weighted by Crippen LogP contribution is -2.54. The van der Waals surface area contributed by atoms with Gasteiger partial charge in [-0.05, 0) is 18.5 Å². The van der Waals surface area contributed by atoms with E-state index in [1.165, 1.54) is 5.56 Å². The van der Waals surface area contributed by atoms with Crippen LogP contribution in [0.25, 0.3) is 0 Å². The molecule has 0 saturated carbocycles. The molecule has 1 saturated heterocycles. The number of carbonyl (C=O) groups is 1. The number of nitrogens with two attached hydrogens (primary N) is 1. The zero-order chi connectivity index (χ0) is 13.0. The molecule has 0 spiro atoms. The first-order valence-electron chi connectivity index (χ1n) is 6.42. The lowest BCUT2D eigenvalue weighted by atomic mass is 10.1. The maximum atomic E-state index is 11.9. The van der Waals surface area contributed by atoms with Gasteiger partial charge in [-0.1, -0.05) is 30.3 Å². The Morgan fingerprint density at radius 3 is 2.72 bits per heavy atom. The summed E-state index contributed by atoms with van der Waals surface area (Å²) in [5.74, 6) is 0.190. The Hall–Kier alpha value is -1.39. The number of amides is 1. The minimum atomic E-state index is 0.190. The van der Waals surface area contributed by atoms with E-state index in [4.69, 9.17) is 5.73 Å². The Labute approximate surface area is 108 Å². The molecule has 2 N–H and O–H groups in total. The van der Waals surface area contributed by atoms with Gasteiger partial charge in [0.1, 0.15) is 0 Å². The number of piperazine rings is 1. The van der Waals surface area contributed by atoms with E-state index in [0.29, 0.717) is 13.1 Å². The molecule has 4 nitrogen and oxygen atoms in total. The molecule has 1 unspecified atom stereocenters. The summed E-state index contributed by atoms with van der Waals surface area (Å²) < 4.78 is 0. The van der Waals surface area contributed by atoms with Gasteiger partial charge in [-0.15, -0.1) is 0 Å². The van der Waals surface area contributed by atoms with Gasteiger partial charge >= 0.3 is 0 Å². The molecule has 1 aromatic carbocycles. The Morgan fingerprint density at radius 2 is 2.06 bits per heavy atom. The van der Waals surface area contributed by atoms with E-state index in [9.17, 15) is 4.79 Å². The number of hydrogen-bond donors (Lipinski definition) is 1. The van der Waals surface area contributed by atoms with Crippen molar-refractivity contribution in [1.29, 1.82) is 0 Å². The van der Waals surface area contributed by atoms with Crippen molar-refractivity contribution in [2.45, 2.75) is 19.0 Å². The number of benzene rings is 1. The topological polar surface area (TPSA) is 49.6 Å². The molecular formula is C14H21N3O. The number of rotatable bonds is 4. The molecule has 1 aliphatic heterocycles. The Balaban J connectivity index is 1.99. The monoisotopic (exact) mass is 247 g/mol. The fourth-order valence-corrected chi connectivity index (χ4v) is 2.43. The van der Waals surface area contributed by atoms with E-state index in [1.54, 1.807) is 0 Å². The van der Waals surface area contributed by atoms with Crippen LogP contribution in [0.2, 0.25) is 0 Å². The van der Waals surface area contributed by atoms with Crippen LogP contribution in [0.1, 0.15) is 12.0 Å². The summed E-state index contributed by atoms with van der Waals surface area (Å²) >= 11 is 0. The predicted molar refractivity (Wildman–Crippen MR) is 71.9 cm³/mol. The van der Waals surface area contributed by atoms with Crippen LogP contribution in [0.5, 0.6) is 0 Å². The van der Waals surface area contributed by atoms with Gasteiger partial charge in [0.2, 0.25) is 5.91 Å². The van der Waals surface area contributed by atoms with Crippen molar-refractivity contribution in [1.82, 2.24) is 9.80 Å². The molecule has 1 aromatic rings. The highest BCUT2D eigenvalue weighted by molar-refractivity contribution is 5.79. The smallest absolute Gasteiger partial charge is 0.236 e. The van der Waals surface area contributed by atoms with Crippen LogP contribution < -0.4 is 5.73 Å². The van der Waals surface area contributed by atoms with Crippen LogP contribution in [0.15, 0.2) is 30.3 Å². The van der Waals surface area contributed by atoms with Gasteiger partial charge in [0, 0.05) is 26.2 Å². The van der Waals surface area contributed by atoms with Crippen molar-refractivity contribution in [3.05, 3.63) is 35.9 Å². The molecule has 1 amide bonds. The van der Waals surface area contributed by atoms with Crippen LogP contribution in [0.3, 0.4) is 0 Å². The predicted octanol–water partition coefficient (Wildman–Crippen LogP) is 0.678. The summed E-state index contributed by atoms with van der Waals surface area (Å²) in [4.78, 5) is 16.0.